The SMILES string of the molecule is CCOC1CC(O)C12CCN(Cc1nc(C)c(C)s1)CC2. The Morgan fingerprint density at radius 2 is 2.10 bits per heavy atom. The minimum atomic E-state index is -0.166. The number of aryl methyl sites for hydroxylation is 2. The van der Waals surface area contributed by atoms with E-state index in [1.165, 1.54) is 9.88 Å². The number of ether oxygens (including phenoxy) is 1. The molecule has 5 heteroatoms. The number of nitrogens with zero attached hydrogens (tertiary/aromatic N) is 2. The molecule has 1 N–H and O–H groups in total. The van der Waals surface area contributed by atoms with E-state index >= 15 is 0 Å². The van der Waals surface area contributed by atoms with Gasteiger partial charge in [0.15, 0.2) is 0 Å². The summed E-state index contributed by atoms with van der Waals surface area (Å²) in [6.07, 6.45) is 3.01. The Balaban J connectivity index is 1.57. The molecule has 1 aliphatic heterocycles. The molecule has 3 rings (SSSR count). The molecule has 1 saturated heterocycles. The van der Waals surface area contributed by atoms with E-state index in [4.69, 9.17) is 4.74 Å². The molecule has 2 atom stereocenters. The van der Waals surface area contributed by atoms with Crippen molar-refractivity contribution < 1.29 is 9.84 Å². The van der Waals surface area contributed by atoms with Crippen LogP contribution in [0, 0.1) is 19.3 Å². The number of piperidine rings is 1. The fraction of sp³-hybridized carbons (Fsp3) is 0.812. The molecule has 1 spiro atoms. The maximum atomic E-state index is 10.2. The molecule has 4 nitrogen and oxygen atoms in total. The highest BCUT2D eigenvalue weighted by Gasteiger charge is 2.55. The molecule has 2 fully saturated rings. The van der Waals surface area contributed by atoms with Gasteiger partial charge in [-0.15, -0.1) is 11.3 Å². The highest BCUT2D eigenvalue weighted by atomic mass is 32.1. The first kappa shape index (κ1) is 15.4. The number of aliphatic hydroxyl groups is 1. The number of hydrogen-bond acceptors (Lipinski definition) is 5. The molecule has 0 radical (unpaired) electrons. The summed E-state index contributed by atoms with van der Waals surface area (Å²) in [7, 11) is 0. The van der Waals surface area contributed by atoms with Gasteiger partial charge in [-0.25, -0.2) is 4.98 Å². The summed E-state index contributed by atoms with van der Waals surface area (Å²) >= 11 is 1.81. The van der Waals surface area contributed by atoms with E-state index in [1.54, 1.807) is 0 Å². The first-order valence-electron chi connectivity index (χ1n) is 8.00. The predicted molar refractivity (Wildman–Crippen MR) is 84.6 cm³/mol. The number of aliphatic hydroxyl groups excluding tert-OH is 1. The van der Waals surface area contributed by atoms with E-state index in [0.29, 0.717) is 0 Å². The Morgan fingerprint density at radius 3 is 2.62 bits per heavy atom. The van der Waals surface area contributed by atoms with Gasteiger partial charge in [0.05, 0.1) is 24.4 Å². The van der Waals surface area contributed by atoms with Gasteiger partial charge < -0.3 is 9.84 Å². The van der Waals surface area contributed by atoms with Gasteiger partial charge in [0.25, 0.3) is 0 Å². The minimum Gasteiger partial charge on any atom is -0.392 e. The van der Waals surface area contributed by atoms with Crippen LogP contribution in [0.4, 0.5) is 0 Å². The summed E-state index contributed by atoms with van der Waals surface area (Å²) in [5.41, 5.74) is 1.19. The Kier molecular flexibility index (Phi) is 4.37. The molecular formula is C16H26N2O2S. The summed E-state index contributed by atoms with van der Waals surface area (Å²) in [6.45, 7) is 10.0. The van der Waals surface area contributed by atoms with E-state index in [0.717, 1.165) is 51.2 Å². The molecule has 2 aliphatic rings. The van der Waals surface area contributed by atoms with Crippen LogP contribution in [0.5, 0.6) is 0 Å². The first-order valence-corrected chi connectivity index (χ1v) is 8.81. The van der Waals surface area contributed by atoms with E-state index < -0.39 is 0 Å². The zero-order valence-electron chi connectivity index (χ0n) is 13.3. The summed E-state index contributed by atoms with van der Waals surface area (Å²) in [4.78, 5) is 8.43. The molecule has 2 heterocycles. The first-order chi connectivity index (χ1) is 10.0. The molecule has 0 amide bonds. The monoisotopic (exact) mass is 310 g/mol. The van der Waals surface area contributed by atoms with E-state index in [-0.39, 0.29) is 17.6 Å². The average Bonchev–Trinajstić information content (AvgIpc) is 2.78. The van der Waals surface area contributed by atoms with Crippen molar-refractivity contribution in [1.82, 2.24) is 9.88 Å². The van der Waals surface area contributed by atoms with E-state index in [9.17, 15) is 5.11 Å². The van der Waals surface area contributed by atoms with Crippen LogP contribution in [0.3, 0.4) is 0 Å². The summed E-state index contributed by atoms with van der Waals surface area (Å²) in [6, 6.07) is 0. The van der Waals surface area contributed by atoms with Gasteiger partial charge in [0, 0.05) is 23.3 Å². The second-order valence-electron chi connectivity index (χ2n) is 6.45. The number of thiazole rings is 1. The number of hydrogen-bond donors (Lipinski definition) is 1. The van der Waals surface area contributed by atoms with Gasteiger partial charge >= 0.3 is 0 Å². The quantitative estimate of drug-likeness (QED) is 0.928. The summed E-state index contributed by atoms with van der Waals surface area (Å²) in [5, 5.41) is 11.4. The molecule has 1 aromatic heterocycles. The third kappa shape index (κ3) is 2.77. The van der Waals surface area contributed by atoms with Crippen molar-refractivity contribution in [1.29, 1.82) is 0 Å². The fourth-order valence-electron chi connectivity index (χ4n) is 3.74. The van der Waals surface area contributed by atoms with Crippen molar-refractivity contribution >= 4 is 11.3 Å². The molecular weight excluding hydrogens is 284 g/mol. The number of rotatable bonds is 4. The Hall–Kier alpha value is -0.490. The molecule has 0 aromatic carbocycles. The maximum absolute atomic E-state index is 10.2. The largest absolute Gasteiger partial charge is 0.392 e. The van der Waals surface area contributed by atoms with Crippen LogP contribution in [0.25, 0.3) is 0 Å². The Morgan fingerprint density at radius 1 is 1.38 bits per heavy atom. The lowest BCUT2D eigenvalue weighted by Crippen LogP contribution is -2.62. The van der Waals surface area contributed by atoms with Gasteiger partial charge in [-0.05, 0) is 46.7 Å². The van der Waals surface area contributed by atoms with Crippen molar-refractivity contribution in [2.45, 2.75) is 58.8 Å². The smallest absolute Gasteiger partial charge is 0.107 e. The van der Waals surface area contributed by atoms with Crippen molar-refractivity contribution in [3.63, 3.8) is 0 Å². The van der Waals surface area contributed by atoms with Crippen LogP contribution in [-0.4, -0.2) is 46.9 Å². The van der Waals surface area contributed by atoms with Crippen molar-refractivity contribution in [3.05, 3.63) is 15.6 Å². The lowest BCUT2D eigenvalue weighted by atomic mass is 9.58. The van der Waals surface area contributed by atoms with Gasteiger partial charge in [-0.2, -0.15) is 0 Å². The van der Waals surface area contributed by atoms with Crippen molar-refractivity contribution in [2.75, 3.05) is 19.7 Å². The van der Waals surface area contributed by atoms with Gasteiger partial charge in [0.2, 0.25) is 0 Å². The van der Waals surface area contributed by atoms with Gasteiger partial charge in [0.1, 0.15) is 5.01 Å². The third-order valence-electron chi connectivity index (χ3n) is 5.33. The second kappa shape index (κ2) is 5.95. The van der Waals surface area contributed by atoms with E-state index in [2.05, 4.69) is 23.7 Å². The third-order valence-corrected chi connectivity index (χ3v) is 6.39. The van der Waals surface area contributed by atoms with Gasteiger partial charge in [-0.3, -0.25) is 4.90 Å². The van der Waals surface area contributed by atoms with Crippen molar-refractivity contribution in [2.24, 2.45) is 5.41 Å². The predicted octanol–water partition coefficient (Wildman–Crippen LogP) is 2.51. The Bertz CT molecular complexity index is 473. The lowest BCUT2D eigenvalue weighted by molar-refractivity contribution is -0.209. The molecule has 0 bridgehead atoms. The number of likely N-dealkylation sites (tertiary alicyclic amines) is 1. The average molecular weight is 310 g/mol. The van der Waals surface area contributed by atoms with Gasteiger partial charge in [-0.1, -0.05) is 0 Å². The molecule has 1 saturated carbocycles. The van der Waals surface area contributed by atoms with Crippen LogP contribution in [-0.2, 0) is 11.3 Å². The molecule has 118 valence electrons. The van der Waals surface area contributed by atoms with Crippen LogP contribution >= 0.6 is 11.3 Å². The minimum absolute atomic E-state index is 0.0290. The van der Waals surface area contributed by atoms with Crippen molar-refractivity contribution in [3.8, 4) is 0 Å². The summed E-state index contributed by atoms with van der Waals surface area (Å²) in [5.74, 6) is 0. The fourth-order valence-corrected chi connectivity index (χ4v) is 4.72. The highest BCUT2D eigenvalue weighted by molar-refractivity contribution is 7.11. The zero-order valence-corrected chi connectivity index (χ0v) is 14.1. The second-order valence-corrected chi connectivity index (χ2v) is 7.74. The number of aromatic nitrogens is 1. The zero-order chi connectivity index (χ0) is 15.0. The summed E-state index contributed by atoms with van der Waals surface area (Å²) < 4.78 is 5.83. The topological polar surface area (TPSA) is 45.6 Å². The lowest BCUT2D eigenvalue weighted by Gasteiger charge is -2.56. The van der Waals surface area contributed by atoms with Crippen LogP contribution < -0.4 is 0 Å². The molecule has 21 heavy (non-hydrogen) atoms. The molecule has 1 aromatic rings. The maximum Gasteiger partial charge on any atom is 0.107 e. The molecule has 2 unspecified atom stereocenters. The van der Waals surface area contributed by atoms with Crippen LogP contribution in [0.1, 0.15) is 41.8 Å². The highest BCUT2D eigenvalue weighted by Crippen LogP contribution is 2.51. The van der Waals surface area contributed by atoms with Crippen LogP contribution in [0.2, 0.25) is 0 Å². The normalized spacial score (nSPS) is 28.8. The van der Waals surface area contributed by atoms with Crippen LogP contribution in [0.15, 0.2) is 0 Å². The standard InChI is InChI=1S/C16H26N2O2S/c1-4-20-14-9-13(19)16(14)5-7-18(8-6-16)10-15-17-11(2)12(3)21-15/h13-14,19H,4-10H2,1-3H3. The Labute approximate surface area is 131 Å². The van der Waals surface area contributed by atoms with E-state index in [1.807, 2.05) is 18.3 Å². The molecule has 1 aliphatic carbocycles.